The van der Waals surface area contributed by atoms with Gasteiger partial charge in [0.15, 0.2) is 0 Å². The highest BCUT2D eigenvalue weighted by molar-refractivity contribution is 6.03. The van der Waals surface area contributed by atoms with Crippen LogP contribution in [0, 0.1) is 23.7 Å². The number of ether oxygens (including phenoxy) is 3. The topological polar surface area (TPSA) is 270 Å². The molecular formula is C52H74N10O11. The van der Waals surface area contributed by atoms with Crippen molar-refractivity contribution < 1.29 is 52.6 Å². The Labute approximate surface area is 427 Å². The summed E-state index contributed by atoms with van der Waals surface area (Å²) >= 11 is 0. The molecule has 2 heterocycles. The summed E-state index contributed by atoms with van der Waals surface area (Å²) < 4.78 is 18.4. The first-order valence-corrected chi connectivity index (χ1v) is 25.1. The monoisotopic (exact) mass is 1010 g/mol. The van der Waals surface area contributed by atoms with Crippen LogP contribution in [0.15, 0.2) is 60.8 Å². The number of rotatable bonds is 27. The number of likely N-dealkylation sites (tertiary alicyclic amines) is 1. The van der Waals surface area contributed by atoms with Crippen LogP contribution in [-0.4, -0.2) is 125 Å². The summed E-state index contributed by atoms with van der Waals surface area (Å²) in [6.45, 7) is 12.0. The van der Waals surface area contributed by atoms with Crippen molar-refractivity contribution >= 4 is 53.1 Å². The molecular weight excluding hydrogens is 941 g/mol. The van der Waals surface area contributed by atoms with E-state index in [-0.39, 0.29) is 80.5 Å². The van der Waals surface area contributed by atoms with E-state index in [1.165, 1.54) is 11.9 Å². The van der Waals surface area contributed by atoms with Crippen molar-refractivity contribution in [3.8, 4) is 0 Å². The highest BCUT2D eigenvalue weighted by Gasteiger charge is 2.41. The molecule has 5 rings (SSSR count). The molecule has 1 aliphatic carbocycles. The molecule has 2 aromatic carbocycles. The van der Waals surface area contributed by atoms with Gasteiger partial charge in [-0.3, -0.25) is 38.5 Å². The number of anilines is 1. The van der Waals surface area contributed by atoms with Gasteiger partial charge in [-0.1, -0.05) is 61.5 Å². The standard InChI is InChI=1S/C52H74N10O11/c1-34(2)41-26-46(66)61(49(41)69)29-36-13-17-38(18-14-36)47(67)55-27-40-30-62(60-59-40)51(3,4)22-24-73-52(5,6)21-23-54-44(64)32-71-33-45(65)58-42(25-35-11-9-8-10-12-35)48(68)56-28-43(63)57-39-19-15-37(16-20-39)31-72-50(70)53-7/h8-12,15-16,19-20,30,34,36,38,41-42H,13-14,17-18,21-29,31-33H2,1-7H3,(H,53,70)(H,54,64)(H,55,67)(H,56,68)(H,57,63)(H,58,65). The summed E-state index contributed by atoms with van der Waals surface area (Å²) in [6.07, 6.45) is 5.74. The summed E-state index contributed by atoms with van der Waals surface area (Å²) in [5.74, 6) is -2.36. The zero-order chi connectivity index (χ0) is 53.1. The number of carbonyl (C=O) groups excluding carboxylic acids is 8. The Balaban J connectivity index is 0.949. The maximum Gasteiger partial charge on any atom is 0.407 e. The van der Waals surface area contributed by atoms with E-state index in [9.17, 15) is 38.4 Å². The molecule has 21 nitrogen and oxygen atoms in total. The van der Waals surface area contributed by atoms with E-state index in [1.807, 2.05) is 53.8 Å². The average Bonchev–Trinajstić information content (AvgIpc) is 3.96. The Kier molecular flexibility index (Phi) is 21.4. The minimum atomic E-state index is -1.04. The minimum Gasteiger partial charge on any atom is -0.445 e. The number of nitrogens with zero attached hydrogens (tertiary/aromatic N) is 4. The van der Waals surface area contributed by atoms with E-state index in [2.05, 4.69) is 42.2 Å². The van der Waals surface area contributed by atoms with Gasteiger partial charge in [0.25, 0.3) is 0 Å². The Morgan fingerprint density at radius 2 is 1.52 bits per heavy atom. The lowest BCUT2D eigenvalue weighted by molar-refractivity contribution is -0.141. The molecule has 0 spiro atoms. The second-order valence-corrected chi connectivity index (χ2v) is 20.3. The van der Waals surface area contributed by atoms with Crippen LogP contribution in [0.3, 0.4) is 0 Å². The van der Waals surface area contributed by atoms with E-state index >= 15 is 0 Å². The van der Waals surface area contributed by atoms with Gasteiger partial charge in [0.2, 0.25) is 41.4 Å². The summed E-state index contributed by atoms with van der Waals surface area (Å²) in [7, 11) is 1.46. The van der Waals surface area contributed by atoms with Gasteiger partial charge in [-0.2, -0.15) is 0 Å². The number of imide groups is 1. The second kappa shape index (κ2) is 27.4. The maximum absolute atomic E-state index is 13.2. The minimum absolute atomic E-state index is 0.0361. The van der Waals surface area contributed by atoms with Gasteiger partial charge in [0, 0.05) is 57.1 Å². The van der Waals surface area contributed by atoms with Crippen molar-refractivity contribution in [3.63, 3.8) is 0 Å². The lowest BCUT2D eigenvalue weighted by Crippen LogP contribution is -2.50. The van der Waals surface area contributed by atoms with Gasteiger partial charge in [-0.05, 0) is 101 Å². The van der Waals surface area contributed by atoms with Crippen molar-refractivity contribution in [1.29, 1.82) is 0 Å². The van der Waals surface area contributed by atoms with Crippen LogP contribution in [0.1, 0.15) is 103 Å². The van der Waals surface area contributed by atoms with Crippen LogP contribution >= 0.6 is 0 Å². The molecule has 3 aromatic rings. The van der Waals surface area contributed by atoms with Gasteiger partial charge in [0.05, 0.1) is 30.4 Å². The van der Waals surface area contributed by atoms with Crippen molar-refractivity contribution in [1.82, 2.24) is 46.5 Å². The first kappa shape index (κ1) is 57.2. The number of benzene rings is 2. The zero-order valence-corrected chi connectivity index (χ0v) is 43.3. The summed E-state index contributed by atoms with van der Waals surface area (Å²) in [6, 6.07) is 14.6. The number of carbonyl (C=O) groups is 8. The number of alkyl carbamates (subject to hydrolysis) is 1. The molecule has 8 amide bonds. The smallest absolute Gasteiger partial charge is 0.407 e. The predicted octanol–water partition coefficient (Wildman–Crippen LogP) is 3.51. The Morgan fingerprint density at radius 1 is 0.822 bits per heavy atom. The van der Waals surface area contributed by atoms with Crippen molar-refractivity contribution in [2.45, 2.75) is 123 Å². The first-order chi connectivity index (χ1) is 34.7. The highest BCUT2D eigenvalue weighted by Crippen LogP contribution is 2.33. The van der Waals surface area contributed by atoms with Crippen molar-refractivity contribution in [3.05, 3.63) is 77.6 Å². The average molecular weight is 1020 g/mol. The fourth-order valence-corrected chi connectivity index (χ4v) is 8.53. The predicted molar refractivity (Wildman–Crippen MR) is 269 cm³/mol. The molecule has 73 heavy (non-hydrogen) atoms. The number of hydrogen-bond acceptors (Lipinski definition) is 13. The van der Waals surface area contributed by atoms with Crippen LogP contribution in [0.25, 0.3) is 0 Å². The largest absolute Gasteiger partial charge is 0.445 e. The van der Waals surface area contributed by atoms with Gasteiger partial charge in [0.1, 0.15) is 31.6 Å². The van der Waals surface area contributed by atoms with Crippen molar-refractivity contribution in [2.75, 3.05) is 51.8 Å². The van der Waals surface area contributed by atoms with Crippen LogP contribution in [-0.2, 0) is 72.9 Å². The number of amides is 8. The Bertz CT molecular complexity index is 2350. The van der Waals surface area contributed by atoms with E-state index in [0.29, 0.717) is 55.8 Å². The molecule has 6 N–H and O–H groups in total. The van der Waals surface area contributed by atoms with Crippen LogP contribution in [0.2, 0.25) is 0 Å². The normalized spacial score (nSPS) is 17.4. The molecule has 21 heteroatoms. The Hall–Kier alpha value is -6.74. The van der Waals surface area contributed by atoms with Crippen LogP contribution in [0.5, 0.6) is 0 Å². The third-order valence-electron chi connectivity index (χ3n) is 13.2. The molecule has 2 atom stereocenters. The lowest BCUT2D eigenvalue weighted by Gasteiger charge is -2.30. The van der Waals surface area contributed by atoms with Crippen molar-refractivity contribution in [2.24, 2.45) is 23.7 Å². The molecule has 1 aliphatic heterocycles. The second-order valence-electron chi connectivity index (χ2n) is 20.3. The summed E-state index contributed by atoms with van der Waals surface area (Å²) in [4.78, 5) is 103. The van der Waals surface area contributed by atoms with Gasteiger partial charge < -0.3 is 46.1 Å². The summed E-state index contributed by atoms with van der Waals surface area (Å²) in [5, 5.41) is 24.7. The third-order valence-corrected chi connectivity index (χ3v) is 13.2. The SMILES string of the molecule is CNC(=O)OCc1ccc(NC(=O)CNC(=O)C(Cc2ccccc2)NC(=O)COCC(=O)NCCC(C)(C)OCCC(C)(C)n2cc(CNC(=O)C3CCC(CN4C(=O)CC(C(C)C)C4=O)CC3)nn2)cc1. The molecule has 1 aromatic heterocycles. The van der Waals surface area contributed by atoms with E-state index in [1.54, 1.807) is 53.2 Å². The van der Waals surface area contributed by atoms with Gasteiger partial charge in [-0.15, -0.1) is 5.10 Å². The molecule has 398 valence electrons. The lowest BCUT2D eigenvalue weighted by atomic mass is 9.81. The van der Waals surface area contributed by atoms with Crippen LogP contribution < -0.4 is 31.9 Å². The zero-order valence-electron chi connectivity index (χ0n) is 43.3. The molecule has 2 unspecified atom stereocenters. The molecule has 1 saturated heterocycles. The van der Waals surface area contributed by atoms with Gasteiger partial charge >= 0.3 is 6.09 Å². The highest BCUT2D eigenvalue weighted by atomic mass is 16.5. The summed E-state index contributed by atoms with van der Waals surface area (Å²) in [5.41, 5.74) is 1.53. The van der Waals surface area contributed by atoms with E-state index < -0.39 is 60.1 Å². The quantitative estimate of drug-likeness (QED) is 0.0598. The third kappa shape index (κ3) is 18.7. The Morgan fingerprint density at radius 3 is 2.19 bits per heavy atom. The molecule has 1 saturated carbocycles. The molecule has 2 aliphatic rings. The van der Waals surface area contributed by atoms with E-state index in [0.717, 1.165) is 18.4 Å². The fourth-order valence-electron chi connectivity index (χ4n) is 8.53. The number of nitrogens with one attached hydrogen (secondary N) is 6. The maximum atomic E-state index is 13.2. The fraction of sp³-hybridized carbons (Fsp3) is 0.577. The molecule has 0 radical (unpaired) electrons. The van der Waals surface area contributed by atoms with E-state index in [4.69, 9.17) is 14.2 Å². The van der Waals surface area contributed by atoms with Gasteiger partial charge in [-0.25, -0.2) is 9.48 Å². The van der Waals surface area contributed by atoms with Crippen LogP contribution in [0.4, 0.5) is 10.5 Å². The molecule has 2 fully saturated rings. The number of hydrogen-bond donors (Lipinski definition) is 6. The molecule has 0 bridgehead atoms. The number of aromatic nitrogens is 3. The first-order valence-electron chi connectivity index (χ1n) is 25.1.